The Morgan fingerprint density at radius 2 is 1.95 bits per heavy atom. The number of nitrogens with two attached hydrogens (primary N) is 1. The molecule has 106 valence electrons. The van der Waals surface area contributed by atoms with Gasteiger partial charge in [0.1, 0.15) is 5.75 Å². The molecule has 2 atom stereocenters. The highest BCUT2D eigenvalue weighted by atomic mass is 16.5. The van der Waals surface area contributed by atoms with Crippen LogP contribution in [0.3, 0.4) is 0 Å². The van der Waals surface area contributed by atoms with Crippen molar-refractivity contribution in [3.63, 3.8) is 0 Å². The summed E-state index contributed by atoms with van der Waals surface area (Å²) in [5.74, 6) is 2.25. The average molecular weight is 271 g/mol. The number of aryl methyl sites for hydroxylation is 1. The van der Waals surface area contributed by atoms with Crippen molar-refractivity contribution in [2.75, 3.05) is 12.8 Å². The molecule has 1 saturated carbocycles. The van der Waals surface area contributed by atoms with E-state index in [2.05, 4.69) is 35.9 Å². The normalized spacial score (nSPS) is 23.6. The Bertz CT molecular complexity index is 645. The summed E-state index contributed by atoms with van der Waals surface area (Å²) in [6, 6.07) is 8.24. The van der Waals surface area contributed by atoms with Crippen LogP contribution in [0.5, 0.6) is 5.75 Å². The minimum atomic E-state index is 0.168. The molecule has 4 heteroatoms. The molecule has 1 fully saturated rings. The number of methoxy groups -OCH3 is 1. The van der Waals surface area contributed by atoms with Gasteiger partial charge < -0.3 is 15.5 Å². The van der Waals surface area contributed by atoms with Gasteiger partial charge in [0.2, 0.25) is 0 Å². The maximum absolute atomic E-state index is 5.78. The van der Waals surface area contributed by atoms with Crippen LogP contribution >= 0.6 is 0 Å². The zero-order valence-electron chi connectivity index (χ0n) is 12.4. The van der Waals surface area contributed by atoms with E-state index in [0.29, 0.717) is 17.8 Å². The fraction of sp³-hybridized carbons (Fsp3) is 0.438. The summed E-state index contributed by atoms with van der Waals surface area (Å²) in [5, 5.41) is 0. The van der Waals surface area contributed by atoms with Crippen LogP contribution in [0, 0.1) is 12.3 Å². The molecule has 1 aliphatic carbocycles. The van der Waals surface area contributed by atoms with Crippen LogP contribution in [0.1, 0.15) is 42.6 Å². The Balaban J connectivity index is 2.02. The Kier molecular flexibility index (Phi) is 2.78. The topological polar surface area (TPSA) is 63.9 Å². The molecule has 1 aromatic heterocycles. The van der Waals surface area contributed by atoms with Gasteiger partial charge in [0, 0.05) is 17.5 Å². The van der Waals surface area contributed by atoms with E-state index in [4.69, 9.17) is 10.5 Å². The van der Waals surface area contributed by atoms with Crippen molar-refractivity contribution in [1.29, 1.82) is 0 Å². The fourth-order valence-electron chi connectivity index (χ4n) is 3.45. The molecule has 1 aliphatic rings. The maximum atomic E-state index is 5.78. The third-order valence-electron chi connectivity index (χ3n) is 4.54. The number of nitrogens with one attached hydrogen (secondary N) is 1. The number of rotatable bonds is 3. The minimum Gasteiger partial charge on any atom is -0.496 e. The van der Waals surface area contributed by atoms with Crippen molar-refractivity contribution in [1.82, 2.24) is 9.97 Å². The first-order chi connectivity index (χ1) is 9.46. The lowest BCUT2D eigenvalue weighted by atomic mass is 10.0. The van der Waals surface area contributed by atoms with Gasteiger partial charge in [-0.1, -0.05) is 32.0 Å². The van der Waals surface area contributed by atoms with Crippen LogP contribution in [0.4, 0.5) is 5.95 Å². The van der Waals surface area contributed by atoms with Crippen molar-refractivity contribution in [3.8, 4) is 5.75 Å². The second kappa shape index (κ2) is 4.27. The Morgan fingerprint density at radius 1 is 1.25 bits per heavy atom. The number of anilines is 1. The third-order valence-corrected chi connectivity index (χ3v) is 4.54. The molecule has 0 bridgehead atoms. The van der Waals surface area contributed by atoms with Gasteiger partial charge in [0.15, 0.2) is 5.95 Å². The Labute approximate surface area is 119 Å². The van der Waals surface area contributed by atoms with Crippen LogP contribution in [-0.2, 0) is 0 Å². The van der Waals surface area contributed by atoms with Gasteiger partial charge in [-0.05, 0) is 24.0 Å². The number of nitrogens with zero attached hydrogens (tertiary/aromatic N) is 1. The molecule has 4 nitrogen and oxygen atoms in total. The van der Waals surface area contributed by atoms with E-state index in [1.54, 1.807) is 7.11 Å². The molecule has 0 aliphatic heterocycles. The third kappa shape index (κ3) is 1.79. The van der Waals surface area contributed by atoms with Gasteiger partial charge >= 0.3 is 0 Å². The van der Waals surface area contributed by atoms with Crippen molar-refractivity contribution in [3.05, 3.63) is 41.2 Å². The second-order valence-electron chi connectivity index (χ2n) is 6.15. The number of aromatic nitrogens is 2. The summed E-state index contributed by atoms with van der Waals surface area (Å²) in [6.07, 6.45) is 0. The maximum Gasteiger partial charge on any atom is 0.197 e. The summed E-state index contributed by atoms with van der Waals surface area (Å²) in [5.41, 5.74) is 9.36. The highest BCUT2D eigenvalue weighted by Gasteiger charge is 2.61. The van der Waals surface area contributed by atoms with Crippen molar-refractivity contribution in [2.45, 2.75) is 32.6 Å². The van der Waals surface area contributed by atoms with Crippen LogP contribution in [-0.4, -0.2) is 17.1 Å². The molecular weight excluding hydrogens is 250 g/mol. The van der Waals surface area contributed by atoms with Gasteiger partial charge in [-0.15, -0.1) is 0 Å². The first kappa shape index (κ1) is 13.0. The summed E-state index contributed by atoms with van der Waals surface area (Å²) in [4.78, 5) is 7.58. The fourth-order valence-corrected chi connectivity index (χ4v) is 3.45. The van der Waals surface area contributed by atoms with Crippen LogP contribution < -0.4 is 10.5 Å². The summed E-state index contributed by atoms with van der Waals surface area (Å²) in [6.45, 7) is 6.59. The molecule has 20 heavy (non-hydrogen) atoms. The highest BCUT2D eigenvalue weighted by molar-refractivity contribution is 5.48. The Morgan fingerprint density at radius 3 is 2.55 bits per heavy atom. The van der Waals surface area contributed by atoms with Gasteiger partial charge in [0.05, 0.1) is 12.8 Å². The SMILES string of the molecule is COc1ccccc1[C@@H]1[C@@H](c2nc(N)[nH]c2C)C1(C)C. The molecule has 3 N–H and O–H groups in total. The van der Waals surface area contributed by atoms with E-state index in [1.165, 1.54) is 5.56 Å². The van der Waals surface area contributed by atoms with E-state index in [-0.39, 0.29) is 5.41 Å². The van der Waals surface area contributed by atoms with Gasteiger partial charge in [0.25, 0.3) is 0 Å². The number of hydrogen-bond acceptors (Lipinski definition) is 3. The summed E-state index contributed by atoms with van der Waals surface area (Å²) < 4.78 is 5.51. The molecular formula is C16H21N3O. The molecule has 0 saturated heterocycles. The number of nitrogen functional groups attached to an aromatic ring is 1. The van der Waals surface area contributed by atoms with Crippen molar-refractivity contribution >= 4 is 5.95 Å². The average Bonchev–Trinajstić information content (AvgIpc) is 2.81. The molecule has 2 aromatic rings. The predicted octanol–water partition coefficient (Wildman–Crippen LogP) is 3.22. The first-order valence-electron chi connectivity index (χ1n) is 6.91. The first-order valence-corrected chi connectivity index (χ1v) is 6.91. The number of para-hydroxylation sites is 1. The quantitative estimate of drug-likeness (QED) is 0.901. The zero-order valence-corrected chi connectivity index (χ0v) is 12.4. The largest absolute Gasteiger partial charge is 0.496 e. The number of H-pyrrole nitrogens is 1. The number of imidazole rings is 1. The summed E-state index contributed by atoms with van der Waals surface area (Å²) >= 11 is 0. The zero-order chi connectivity index (χ0) is 14.5. The molecule has 0 unspecified atom stereocenters. The smallest absolute Gasteiger partial charge is 0.197 e. The minimum absolute atomic E-state index is 0.168. The Hall–Kier alpha value is -1.97. The lowest BCUT2D eigenvalue weighted by Gasteiger charge is -2.08. The standard InChI is InChI=1S/C16H21N3O/c1-9-14(19-15(17)18-9)13-12(16(13,2)3)10-7-5-6-8-11(10)20-4/h5-8,12-13H,1-4H3,(H3,17,18,19)/t12-,13+/m1/s1. The lowest BCUT2D eigenvalue weighted by molar-refractivity contribution is 0.407. The van der Waals surface area contributed by atoms with Crippen LogP contribution in [0.25, 0.3) is 0 Å². The van der Waals surface area contributed by atoms with E-state index in [9.17, 15) is 0 Å². The lowest BCUT2D eigenvalue weighted by Crippen LogP contribution is -1.94. The van der Waals surface area contributed by atoms with E-state index < -0.39 is 0 Å². The highest BCUT2D eigenvalue weighted by Crippen LogP contribution is 2.71. The van der Waals surface area contributed by atoms with Gasteiger partial charge in [-0.3, -0.25) is 0 Å². The molecule has 0 radical (unpaired) electrons. The molecule has 0 amide bonds. The van der Waals surface area contributed by atoms with Crippen molar-refractivity contribution in [2.24, 2.45) is 5.41 Å². The van der Waals surface area contributed by atoms with E-state index in [0.717, 1.165) is 17.1 Å². The van der Waals surface area contributed by atoms with Gasteiger partial charge in [-0.2, -0.15) is 0 Å². The van der Waals surface area contributed by atoms with Crippen LogP contribution in [0.15, 0.2) is 24.3 Å². The predicted molar refractivity (Wildman–Crippen MR) is 80.0 cm³/mol. The molecule has 3 rings (SSSR count). The molecule has 1 aromatic carbocycles. The number of aromatic amines is 1. The number of benzene rings is 1. The van der Waals surface area contributed by atoms with E-state index >= 15 is 0 Å². The van der Waals surface area contributed by atoms with E-state index in [1.807, 2.05) is 19.1 Å². The second-order valence-corrected chi connectivity index (χ2v) is 6.15. The molecule has 1 heterocycles. The number of ether oxygens (including phenoxy) is 1. The van der Waals surface area contributed by atoms with Crippen molar-refractivity contribution < 1.29 is 4.74 Å². The van der Waals surface area contributed by atoms with Crippen LogP contribution in [0.2, 0.25) is 0 Å². The van der Waals surface area contributed by atoms with Gasteiger partial charge in [-0.25, -0.2) is 4.98 Å². The number of hydrogen-bond donors (Lipinski definition) is 2. The molecule has 0 spiro atoms. The summed E-state index contributed by atoms with van der Waals surface area (Å²) in [7, 11) is 1.72. The monoisotopic (exact) mass is 271 g/mol.